The molecule has 0 aliphatic heterocycles. The molecule has 0 atom stereocenters. The SMILES string of the molecule is F[P-](F)(F)(F)(F)F.[NH3+]C(CCO)(CCO)CCO. The molecule has 0 saturated heterocycles. The molecule has 0 heterocycles. The summed E-state index contributed by atoms with van der Waals surface area (Å²) < 4.78 is 59.2. The van der Waals surface area contributed by atoms with Crippen LogP contribution >= 0.6 is 7.81 Å². The van der Waals surface area contributed by atoms with Gasteiger partial charge in [-0.3, -0.25) is 0 Å². The topological polar surface area (TPSA) is 88.3 Å². The standard InChI is InChI=1S/C7H17NO3.F6P/c8-7(1-4-9,2-5-10)3-6-11;1-7(2,3,4,5)6/h9-11H,1-6,8H2;/q;-1/p+1. The van der Waals surface area contributed by atoms with Crippen LogP contribution in [0.3, 0.4) is 0 Å². The van der Waals surface area contributed by atoms with Crippen molar-refractivity contribution in [1.29, 1.82) is 0 Å². The maximum absolute atomic E-state index is 10.7. The van der Waals surface area contributed by atoms with Crippen LogP contribution in [0, 0.1) is 0 Å². The van der Waals surface area contributed by atoms with Crippen molar-refractivity contribution >= 4 is 7.81 Å². The van der Waals surface area contributed by atoms with E-state index in [9.17, 15) is 25.2 Å². The van der Waals surface area contributed by atoms with Crippen LogP contribution in [0.2, 0.25) is 0 Å². The van der Waals surface area contributed by atoms with Crippen molar-refractivity contribution < 1.29 is 46.2 Å². The second kappa shape index (κ2) is 5.87. The van der Waals surface area contributed by atoms with Gasteiger partial charge in [0.2, 0.25) is 0 Å². The Hall–Kier alpha value is -0.150. The molecular formula is C7H18F6NO3P. The summed E-state index contributed by atoms with van der Waals surface area (Å²) >= 11 is 0. The van der Waals surface area contributed by atoms with E-state index < -0.39 is 7.81 Å². The fraction of sp³-hybridized carbons (Fsp3) is 1.00. The zero-order valence-electron chi connectivity index (χ0n) is 9.51. The van der Waals surface area contributed by atoms with E-state index in [1.807, 2.05) is 0 Å². The maximum atomic E-state index is 9.87. The minimum atomic E-state index is -10.7. The average molecular weight is 309 g/mol. The first-order valence-corrected chi connectivity index (χ1v) is 6.91. The Labute approximate surface area is 99.6 Å². The monoisotopic (exact) mass is 309 g/mol. The van der Waals surface area contributed by atoms with E-state index in [1.165, 1.54) is 0 Å². The van der Waals surface area contributed by atoms with Crippen molar-refractivity contribution in [2.45, 2.75) is 24.8 Å². The van der Waals surface area contributed by atoms with Gasteiger partial charge in [-0.15, -0.1) is 0 Å². The molecule has 0 unspecified atom stereocenters. The molecule has 0 fully saturated rings. The number of hydrogen-bond donors (Lipinski definition) is 4. The van der Waals surface area contributed by atoms with E-state index in [1.54, 1.807) is 0 Å². The van der Waals surface area contributed by atoms with Gasteiger partial charge in [-0.25, -0.2) is 0 Å². The van der Waals surface area contributed by atoms with Gasteiger partial charge in [-0.05, 0) is 0 Å². The van der Waals surface area contributed by atoms with Crippen molar-refractivity contribution in [2.75, 3.05) is 19.8 Å². The molecule has 0 radical (unpaired) electrons. The molecule has 6 N–H and O–H groups in total. The fourth-order valence-electron chi connectivity index (χ4n) is 1.09. The van der Waals surface area contributed by atoms with Crippen LogP contribution in [0.5, 0.6) is 0 Å². The van der Waals surface area contributed by atoms with Crippen molar-refractivity contribution in [3.05, 3.63) is 0 Å². The predicted octanol–water partition coefficient (Wildman–Crippen LogP) is 1.50. The van der Waals surface area contributed by atoms with E-state index in [4.69, 9.17) is 15.3 Å². The Balaban J connectivity index is 0. The number of halogens is 6. The number of aliphatic hydroxyl groups is 3. The van der Waals surface area contributed by atoms with Gasteiger partial charge in [-0.2, -0.15) is 0 Å². The molecule has 0 amide bonds. The van der Waals surface area contributed by atoms with Crippen molar-refractivity contribution in [2.24, 2.45) is 0 Å². The van der Waals surface area contributed by atoms with E-state index in [0.717, 1.165) is 0 Å². The van der Waals surface area contributed by atoms with Crippen LogP contribution in [-0.2, 0) is 0 Å². The average Bonchev–Trinajstić information content (AvgIpc) is 1.98. The first-order chi connectivity index (χ1) is 7.63. The molecule has 116 valence electrons. The molecule has 18 heavy (non-hydrogen) atoms. The molecule has 0 saturated carbocycles. The zero-order chi connectivity index (χ0) is 15.2. The summed E-state index contributed by atoms with van der Waals surface area (Å²) in [6.45, 7) is 0.177. The molecule has 0 aliphatic rings. The summed E-state index contributed by atoms with van der Waals surface area (Å²) in [6.07, 6.45) is 1.61. The fourth-order valence-corrected chi connectivity index (χ4v) is 1.09. The second-order valence-electron chi connectivity index (χ2n) is 3.88. The normalized spacial score (nSPS) is 16.3. The largest absolute Gasteiger partial charge is 0.396 e. The summed E-state index contributed by atoms with van der Waals surface area (Å²) in [6, 6.07) is 0. The number of quaternary nitrogens is 1. The molecule has 0 aromatic carbocycles. The van der Waals surface area contributed by atoms with Gasteiger partial charge in [0.15, 0.2) is 0 Å². The molecule has 0 aromatic heterocycles. The summed E-state index contributed by atoms with van der Waals surface area (Å²) in [4.78, 5) is 0. The summed E-state index contributed by atoms with van der Waals surface area (Å²) in [5.41, 5.74) is 3.51. The smallest absolute Gasteiger partial charge is 0.101 e. The van der Waals surface area contributed by atoms with Crippen LogP contribution in [0.1, 0.15) is 19.3 Å². The van der Waals surface area contributed by atoms with Gasteiger partial charge in [0.1, 0.15) is 5.54 Å². The molecule has 0 bridgehead atoms. The van der Waals surface area contributed by atoms with Gasteiger partial charge in [-0.1, -0.05) is 0 Å². The number of hydrogen-bond acceptors (Lipinski definition) is 3. The van der Waals surface area contributed by atoms with Crippen molar-refractivity contribution in [3.63, 3.8) is 0 Å². The molecule has 0 rings (SSSR count). The molecule has 0 spiro atoms. The number of rotatable bonds is 6. The molecule has 0 aromatic rings. The van der Waals surface area contributed by atoms with E-state index in [-0.39, 0.29) is 25.4 Å². The minimum absolute atomic E-state index is 0.0590. The Morgan fingerprint density at radius 3 is 1.00 bits per heavy atom. The molecular weight excluding hydrogens is 291 g/mol. The van der Waals surface area contributed by atoms with Gasteiger partial charge in [0, 0.05) is 39.1 Å². The Bertz CT molecular complexity index is 214. The third-order valence-electron chi connectivity index (χ3n) is 1.93. The van der Waals surface area contributed by atoms with Crippen LogP contribution in [0.15, 0.2) is 0 Å². The summed E-state index contributed by atoms with van der Waals surface area (Å²) in [5, 5.41) is 26.0. The maximum Gasteiger partial charge on any atom is 0.101 e. The Morgan fingerprint density at radius 2 is 0.889 bits per heavy atom. The predicted molar refractivity (Wildman–Crippen MR) is 54.3 cm³/mol. The second-order valence-corrected chi connectivity index (χ2v) is 5.80. The third kappa shape index (κ3) is 24.9. The summed E-state index contributed by atoms with van der Waals surface area (Å²) in [5.74, 6) is 0. The van der Waals surface area contributed by atoms with Crippen LogP contribution in [0.25, 0.3) is 0 Å². The molecule has 0 aliphatic carbocycles. The minimum Gasteiger partial charge on any atom is -0.396 e. The molecule has 11 heteroatoms. The van der Waals surface area contributed by atoms with Crippen LogP contribution in [-0.4, -0.2) is 40.7 Å². The van der Waals surface area contributed by atoms with Gasteiger partial charge in [0.05, 0.1) is 0 Å². The Kier molecular flexibility index (Phi) is 6.58. The van der Waals surface area contributed by atoms with Crippen LogP contribution < -0.4 is 5.73 Å². The summed E-state index contributed by atoms with van der Waals surface area (Å²) in [7, 11) is -10.7. The van der Waals surface area contributed by atoms with Crippen molar-refractivity contribution in [3.8, 4) is 0 Å². The Morgan fingerprint density at radius 1 is 0.722 bits per heavy atom. The van der Waals surface area contributed by atoms with Crippen LogP contribution in [0.4, 0.5) is 25.2 Å². The third-order valence-corrected chi connectivity index (χ3v) is 1.93. The van der Waals surface area contributed by atoms with E-state index in [2.05, 4.69) is 5.73 Å². The van der Waals surface area contributed by atoms with Gasteiger partial charge < -0.3 is 21.1 Å². The van der Waals surface area contributed by atoms with E-state index in [0.29, 0.717) is 19.3 Å². The van der Waals surface area contributed by atoms with E-state index >= 15 is 0 Å². The first kappa shape index (κ1) is 20.2. The van der Waals surface area contributed by atoms with Gasteiger partial charge in [0.25, 0.3) is 0 Å². The first-order valence-electron chi connectivity index (χ1n) is 4.88. The van der Waals surface area contributed by atoms with Gasteiger partial charge >= 0.3 is 33.0 Å². The quantitative estimate of drug-likeness (QED) is 0.443. The number of aliphatic hydroxyl groups excluding tert-OH is 3. The zero-order valence-corrected chi connectivity index (χ0v) is 10.4. The molecule has 4 nitrogen and oxygen atoms in total. The van der Waals surface area contributed by atoms with Crippen molar-refractivity contribution in [1.82, 2.24) is 0 Å².